The highest BCUT2D eigenvalue weighted by Gasteiger charge is 2.25. The van der Waals surface area contributed by atoms with Crippen LogP contribution in [0.3, 0.4) is 0 Å². The maximum atomic E-state index is 12.8. The molecule has 0 radical (unpaired) electrons. The largest absolute Gasteiger partial charge is 0.316 e. The van der Waals surface area contributed by atoms with Crippen molar-refractivity contribution >= 4 is 45.3 Å². The predicted octanol–water partition coefficient (Wildman–Crippen LogP) is 6.08. The Kier molecular flexibility index (Phi) is 7.09. The third-order valence-electron chi connectivity index (χ3n) is 6.68. The molecule has 0 fully saturated rings. The third kappa shape index (κ3) is 4.56. The minimum Gasteiger partial charge on any atom is -0.316 e. The average molecular weight is 512 g/mol. The lowest BCUT2D eigenvalue weighted by atomic mass is 9.88. The number of hydrogen-bond donors (Lipinski definition) is 1. The molecule has 0 spiro atoms. The van der Waals surface area contributed by atoms with Crippen LogP contribution in [0.5, 0.6) is 0 Å². The molecule has 0 aromatic carbocycles. The maximum Gasteiger partial charge on any atom is 0.235 e. The molecule has 0 saturated carbocycles. The molecule has 3 heterocycles. The summed E-state index contributed by atoms with van der Waals surface area (Å²) in [5, 5.41) is 25.4. The monoisotopic (exact) mass is 511 g/mol. The fourth-order valence-corrected chi connectivity index (χ4v) is 8.21. The molecule has 2 aliphatic carbocycles. The molecular formula is C25H29N5OS3. The van der Waals surface area contributed by atoms with Crippen LogP contribution >= 0.6 is 34.4 Å². The molecule has 0 saturated heterocycles. The molecule has 178 valence electrons. The smallest absolute Gasteiger partial charge is 0.235 e. The Hall–Kier alpha value is -2.15. The first kappa shape index (κ1) is 23.6. The third-order valence-corrected chi connectivity index (χ3v) is 9.90. The van der Waals surface area contributed by atoms with Gasteiger partial charge in [0.05, 0.1) is 11.3 Å². The summed E-state index contributed by atoms with van der Waals surface area (Å²) in [6, 6.07) is 2.32. The van der Waals surface area contributed by atoms with E-state index in [0.29, 0.717) is 10.6 Å². The molecule has 2 aliphatic rings. The minimum absolute atomic E-state index is 0.102. The van der Waals surface area contributed by atoms with E-state index in [4.69, 9.17) is 0 Å². The van der Waals surface area contributed by atoms with E-state index in [-0.39, 0.29) is 11.7 Å². The zero-order chi connectivity index (χ0) is 23.7. The molecule has 1 unspecified atom stereocenters. The van der Waals surface area contributed by atoms with Gasteiger partial charge in [-0.2, -0.15) is 5.26 Å². The van der Waals surface area contributed by atoms with Crippen LogP contribution < -0.4 is 5.32 Å². The lowest BCUT2D eigenvalue weighted by Crippen LogP contribution is -2.15. The lowest BCUT2D eigenvalue weighted by Gasteiger charge is -2.19. The van der Waals surface area contributed by atoms with E-state index >= 15 is 0 Å². The molecule has 1 N–H and O–H groups in total. The van der Waals surface area contributed by atoms with Crippen LogP contribution in [0.15, 0.2) is 10.5 Å². The first-order valence-electron chi connectivity index (χ1n) is 12.1. The maximum absolute atomic E-state index is 12.8. The van der Waals surface area contributed by atoms with Gasteiger partial charge in [0.2, 0.25) is 5.91 Å². The summed E-state index contributed by atoms with van der Waals surface area (Å²) in [6.07, 6.45) is 8.66. The standard InChI is InChI=1S/C25H29N5OS3/c1-3-10-30-23(19-13-32-21-11-15(2)8-9-17(19)21)28-29-25(30)33-14-22(31)27-24-18(12-26)16-6-4-5-7-20(16)34-24/h13,15H,3-11,14H2,1-2H3,(H,27,31). The Morgan fingerprint density at radius 3 is 2.94 bits per heavy atom. The second-order valence-corrected chi connectivity index (χ2v) is 12.2. The van der Waals surface area contributed by atoms with Gasteiger partial charge in [0.25, 0.3) is 0 Å². The number of carbonyl (C=O) groups excluding carboxylic acids is 1. The SMILES string of the molecule is CCCn1c(SCC(=O)Nc2sc3c(c2C#N)CCCC3)nnc1-c1csc2c1CCC(C)C2. The van der Waals surface area contributed by atoms with Crippen molar-refractivity contribution in [1.29, 1.82) is 5.26 Å². The highest BCUT2D eigenvalue weighted by molar-refractivity contribution is 7.99. The normalized spacial score (nSPS) is 17.1. The number of nitrogens with zero attached hydrogens (tertiary/aromatic N) is 4. The van der Waals surface area contributed by atoms with Crippen LogP contribution in [0.1, 0.15) is 66.0 Å². The Labute approximate surface area is 212 Å². The Morgan fingerprint density at radius 1 is 1.26 bits per heavy atom. The summed E-state index contributed by atoms with van der Waals surface area (Å²) in [7, 11) is 0. The summed E-state index contributed by atoms with van der Waals surface area (Å²) in [5.74, 6) is 1.81. The number of carbonyl (C=O) groups is 1. The fourth-order valence-electron chi connectivity index (χ4n) is 4.95. The van der Waals surface area contributed by atoms with Gasteiger partial charge in [0.1, 0.15) is 11.1 Å². The van der Waals surface area contributed by atoms with Crippen molar-refractivity contribution in [3.8, 4) is 17.5 Å². The highest BCUT2D eigenvalue weighted by atomic mass is 32.2. The van der Waals surface area contributed by atoms with Crippen LogP contribution in [0.4, 0.5) is 5.00 Å². The molecule has 34 heavy (non-hydrogen) atoms. The first-order valence-corrected chi connectivity index (χ1v) is 14.8. The second kappa shape index (κ2) is 10.2. The van der Waals surface area contributed by atoms with Crippen LogP contribution in [0.2, 0.25) is 0 Å². The van der Waals surface area contributed by atoms with E-state index in [1.807, 2.05) is 11.3 Å². The summed E-state index contributed by atoms with van der Waals surface area (Å²) >= 11 is 4.83. The van der Waals surface area contributed by atoms with Gasteiger partial charge in [0.15, 0.2) is 11.0 Å². The average Bonchev–Trinajstić information content (AvgIpc) is 3.52. The highest BCUT2D eigenvalue weighted by Crippen LogP contribution is 2.39. The molecule has 0 bridgehead atoms. The van der Waals surface area contributed by atoms with Gasteiger partial charge in [-0.15, -0.1) is 32.9 Å². The van der Waals surface area contributed by atoms with Crippen molar-refractivity contribution in [2.75, 3.05) is 11.1 Å². The summed E-state index contributed by atoms with van der Waals surface area (Å²) in [6.45, 7) is 5.30. The van der Waals surface area contributed by atoms with Crippen molar-refractivity contribution in [2.45, 2.75) is 76.9 Å². The van der Waals surface area contributed by atoms with E-state index in [1.54, 1.807) is 11.3 Å². The van der Waals surface area contributed by atoms with Crippen molar-refractivity contribution in [3.63, 3.8) is 0 Å². The molecule has 0 aliphatic heterocycles. The molecule has 1 atom stereocenters. The van der Waals surface area contributed by atoms with E-state index in [0.717, 1.165) is 74.0 Å². The van der Waals surface area contributed by atoms with Gasteiger partial charge in [-0.25, -0.2) is 0 Å². The zero-order valence-electron chi connectivity index (χ0n) is 19.6. The fraction of sp³-hybridized carbons (Fsp3) is 0.520. The molecule has 1 amide bonds. The van der Waals surface area contributed by atoms with Gasteiger partial charge in [-0.1, -0.05) is 25.6 Å². The molecule has 9 heteroatoms. The first-order chi connectivity index (χ1) is 16.6. The zero-order valence-corrected chi connectivity index (χ0v) is 22.1. The van der Waals surface area contributed by atoms with Gasteiger partial charge >= 0.3 is 0 Å². The van der Waals surface area contributed by atoms with E-state index in [9.17, 15) is 10.1 Å². The van der Waals surface area contributed by atoms with E-state index < -0.39 is 0 Å². The van der Waals surface area contributed by atoms with Gasteiger partial charge in [-0.05, 0) is 68.4 Å². The predicted molar refractivity (Wildman–Crippen MR) is 140 cm³/mol. The van der Waals surface area contributed by atoms with E-state index in [2.05, 4.69) is 45.4 Å². The van der Waals surface area contributed by atoms with Gasteiger partial charge < -0.3 is 9.88 Å². The number of aromatic nitrogens is 3. The van der Waals surface area contributed by atoms with Crippen LogP contribution in [-0.2, 0) is 37.0 Å². The second-order valence-electron chi connectivity index (χ2n) is 9.22. The van der Waals surface area contributed by atoms with Crippen LogP contribution in [0.25, 0.3) is 11.4 Å². The van der Waals surface area contributed by atoms with Crippen LogP contribution in [-0.4, -0.2) is 26.4 Å². The number of amides is 1. The molecule has 3 aromatic heterocycles. The Morgan fingerprint density at radius 2 is 2.12 bits per heavy atom. The number of thiophene rings is 2. The number of nitriles is 1. The van der Waals surface area contributed by atoms with Crippen molar-refractivity contribution < 1.29 is 4.79 Å². The molecule has 5 rings (SSSR count). The van der Waals surface area contributed by atoms with E-state index in [1.165, 1.54) is 39.1 Å². The minimum atomic E-state index is -0.102. The number of aryl methyl sites for hydroxylation is 1. The molecular weight excluding hydrogens is 483 g/mol. The van der Waals surface area contributed by atoms with Crippen molar-refractivity contribution in [1.82, 2.24) is 14.8 Å². The summed E-state index contributed by atoms with van der Waals surface area (Å²) < 4.78 is 2.17. The van der Waals surface area contributed by atoms with Crippen LogP contribution in [0, 0.1) is 17.2 Å². The number of fused-ring (bicyclic) bond motifs is 2. The number of hydrogen-bond acceptors (Lipinski definition) is 7. The van der Waals surface area contributed by atoms with Gasteiger partial charge in [0, 0.05) is 27.2 Å². The summed E-state index contributed by atoms with van der Waals surface area (Å²) in [5.41, 5.74) is 4.45. The van der Waals surface area contributed by atoms with Gasteiger partial charge in [-0.3, -0.25) is 4.79 Å². The Bertz CT molecular complexity index is 1250. The molecule has 6 nitrogen and oxygen atoms in total. The number of anilines is 1. The Balaban J connectivity index is 1.31. The number of rotatable bonds is 7. The molecule has 3 aromatic rings. The lowest BCUT2D eigenvalue weighted by molar-refractivity contribution is -0.113. The van der Waals surface area contributed by atoms with Crippen molar-refractivity contribution in [3.05, 3.63) is 31.8 Å². The number of thioether (sulfide) groups is 1. The van der Waals surface area contributed by atoms with Crippen molar-refractivity contribution in [2.24, 2.45) is 5.92 Å². The topological polar surface area (TPSA) is 83.6 Å². The number of nitrogens with one attached hydrogen (secondary N) is 1. The quantitative estimate of drug-likeness (QED) is 0.388. The summed E-state index contributed by atoms with van der Waals surface area (Å²) in [4.78, 5) is 15.5.